The van der Waals surface area contributed by atoms with Crippen molar-refractivity contribution in [1.29, 1.82) is 0 Å². The van der Waals surface area contributed by atoms with Crippen molar-refractivity contribution in [3.05, 3.63) is 60.7 Å². The summed E-state index contributed by atoms with van der Waals surface area (Å²) in [6, 6.07) is 20.0. The first-order valence-electron chi connectivity index (χ1n) is 3.33. The predicted octanol–water partition coefficient (Wildman–Crippen LogP) is -3.18. The maximum atomic E-state index is 2.00. The molecule has 2 rings (SSSR count). The van der Waals surface area contributed by atoms with Gasteiger partial charge < -0.3 is 34.0 Å². The topological polar surface area (TPSA) is 0 Å². The fourth-order valence-corrected chi connectivity index (χ4v) is 0.642. The molecule has 2 aromatic carbocycles. The van der Waals surface area contributed by atoms with E-state index in [4.69, 9.17) is 0 Å². The molecule has 0 heterocycles. The van der Waals surface area contributed by atoms with E-state index in [2.05, 4.69) is 0 Å². The Labute approximate surface area is 111 Å². The molecular formula is C10H10Br2Cr. The zero-order valence-corrected chi connectivity index (χ0v) is 11.4. The van der Waals surface area contributed by atoms with Gasteiger partial charge in [-0.1, -0.05) is 0 Å². The molecule has 3 heteroatoms. The van der Waals surface area contributed by atoms with E-state index in [1.54, 1.807) is 0 Å². The molecule has 0 bridgehead atoms. The van der Waals surface area contributed by atoms with Crippen LogP contribution in [0, 0.1) is 0 Å². The molecule has 0 radical (unpaired) electrons. The van der Waals surface area contributed by atoms with Crippen LogP contribution in [0.1, 0.15) is 0 Å². The Morgan fingerprint density at radius 2 is 0.769 bits per heavy atom. The van der Waals surface area contributed by atoms with Crippen LogP contribution < -0.4 is 34.0 Å². The number of rotatable bonds is 0. The van der Waals surface area contributed by atoms with Gasteiger partial charge in [0, 0.05) is 0 Å². The van der Waals surface area contributed by atoms with Gasteiger partial charge in [0.1, 0.15) is 0 Å². The van der Waals surface area contributed by atoms with Gasteiger partial charge in [0.2, 0.25) is 0 Å². The van der Waals surface area contributed by atoms with Crippen molar-refractivity contribution in [2.24, 2.45) is 0 Å². The molecule has 0 aliphatic rings. The maximum Gasteiger partial charge on any atom is 4.00 e. The van der Waals surface area contributed by atoms with E-state index in [-0.39, 0.29) is 51.3 Å². The fraction of sp³-hybridized carbons (Fsp3) is 0. The van der Waals surface area contributed by atoms with Crippen molar-refractivity contribution in [2.75, 3.05) is 0 Å². The molecule has 70 valence electrons. The minimum absolute atomic E-state index is 0. The van der Waals surface area contributed by atoms with Gasteiger partial charge in [0.15, 0.2) is 0 Å². The summed E-state index contributed by atoms with van der Waals surface area (Å²) in [6.45, 7) is 0. The third-order valence-corrected chi connectivity index (χ3v) is 1.11. The average molecular weight is 342 g/mol. The molecular weight excluding hydrogens is 332 g/mol. The van der Waals surface area contributed by atoms with Crippen molar-refractivity contribution in [1.82, 2.24) is 0 Å². The Morgan fingerprint density at radius 3 is 0.846 bits per heavy atom. The molecule has 0 amide bonds. The average Bonchev–Trinajstić information content (AvgIpc) is 2.67. The second-order valence-corrected chi connectivity index (χ2v) is 1.92. The zero-order valence-electron chi connectivity index (χ0n) is 6.94. The van der Waals surface area contributed by atoms with Crippen molar-refractivity contribution in [3.8, 4) is 0 Å². The molecule has 0 fully saturated rings. The van der Waals surface area contributed by atoms with E-state index in [0.717, 1.165) is 0 Å². The minimum atomic E-state index is 0. The molecule has 0 N–H and O–H groups in total. The first-order chi connectivity index (χ1) is 5.00. The summed E-state index contributed by atoms with van der Waals surface area (Å²) in [5.41, 5.74) is 0. The van der Waals surface area contributed by atoms with Crippen LogP contribution in [0.15, 0.2) is 60.7 Å². The van der Waals surface area contributed by atoms with Crippen LogP contribution in [0.4, 0.5) is 0 Å². The minimum Gasteiger partial charge on any atom is -1.00 e. The van der Waals surface area contributed by atoms with E-state index in [1.807, 2.05) is 60.7 Å². The number of hydrogen-bond donors (Lipinski definition) is 0. The van der Waals surface area contributed by atoms with Gasteiger partial charge in [-0.3, -0.25) is 0 Å². The second kappa shape index (κ2) is 14.7. The molecule has 0 unspecified atom stereocenters. The quantitative estimate of drug-likeness (QED) is 0.443. The van der Waals surface area contributed by atoms with E-state index in [1.165, 1.54) is 0 Å². The molecule has 2 aromatic rings. The Morgan fingerprint density at radius 1 is 0.538 bits per heavy atom. The SMILES string of the molecule is [Br-].[Br-].[Cr+4].c1cc[cH-]c1.c1cc[cH-]c1. The Bertz CT molecular complexity index is 152. The largest absolute Gasteiger partial charge is 4.00 e. The zero-order chi connectivity index (χ0) is 7.07. The fourth-order valence-electron chi connectivity index (χ4n) is 0.642. The van der Waals surface area contributed by atoms with Crippen LogP contribution in [-0.4, -0.2) is 0 Å². The smallest absolute Gasteiger partial charge is 1.00 e. The van der Waals surface area contributed by atoms with Crippen LogP contribution in [0.5, 0.6) is 0 Å². The first kappa shape index (κ1) is 18.9. The normalized spacial score (nSPS) is 6.15. The summed E-state index contributed by atoms with van der Waals surface area (Å²) in [6.07, 6.45) is 0. The van der Waals surface area contributed by atoms with Crippen LogP contribution >= 0.6 is 0 Å². The van der Waals surface area contributed by atoms with E-state index >= 15 is 0 Å². The molecule has 0 aromatic heterocycles. The van der Waals surface area contributed by atoms with E-state index in [0.29, 0.717) is 0 Å². The van der Waals surface area contributed by atoms with Crippen LogP contribution in [0.3, 0.4) is 0 Å². The third-order valence-electron chi connectivity index (χ3n) is 1.11. The van der Waals surface area contributed by atoms with Gasteiger partial charge in [-0.2, -0.15) is 36.4 Å². The van der Waals surface area contributed by atoms with Crippen molar-refractivity contribution in [2.45, 2.75) is 0 Å². The molecule has 0 saturated carbocycles. The summed E-state index contributed by atoms with van der Waals surface area (Å²) in [4.78, 5) is 0. The Hall–Kier alpha value is 0.192. The summed E-state index contributed by atoms with van der Waals surface area (Å²) >= 11 is 0. The van der Waals surface area contributed by atoms with Crippen LogP contribution in [0.25, 0.3) is 0 Å². The second-order valence-electron chi connectivity index (χ2n) is 1.92. The third kappa shape index (κ3) is 12.2. The Balaban J connectivity index is -0.000000125. The van der Waals surface area contributed by atoms with Crippen LogP contribution in [-0.2, 0) is 17.4 Å². The summed E-state index contributed by atoms with van der Waals surface area (Å²) in [7, 11) is 0. The molecule has 0 aliphatic carbocycles. The first-order valence-corrected chi connectivity index (χ1v) is 3.33. The monoisotopic (exact) mass is 340 g/mol. The van der Waals surface area contributed by atoms with Gasteiger partial charge >= 0.3 is 17.4 Å². The molecule has 0 nitrogen and oxygen atoms in total. The van der Waals surface area contributed by atoms with Gasteiger partial charge in [-0.25, -0.2) is 24.3 Å². The van der Waals surface area contributed by atoms with Gasteiger partial charge in [0.05, 0.1) is 0 Å². The molecule has 0 saturated heterocycles. The van der Waals surface area contributed by atoms with Crippen molar-refractivity contribution < 1.29 is 51.3 Å². The van der Waals surface area contributed by atoms with Crippen LogP contribution in [0.2, 0.25) is 0 Å². The maximum absolute atomic E-state index is 2.00. The number of hydrogen-bond acceptors (Lipinski definition) is 0. The van der Waals surface area contributed by atoms with Gasteiger partial charge in [-0.15, -0.1) is 0 Å². The standard InChI is InChI=1S/2C5H5.2BrH.Cr/c2*1-2-4-5-3-1;;;/h2*1-5H;2*1H;/q2*-1;;;+4/p-2. The van der Waals surface area contributed by atoms with Gasteiger partial charge in [-0.05, 0) is 0 Å². The molecule has 0 atom stereocenters. The molecule has 0 aliphatic heterocycles. The Kier molecular flexibility index (Phi) is 21.3. The number of halogens is 2. The summed E-state index contributed by atoms with van der Waals surface area (Å²) in [5.74, 6) is 0. The van der Waals surface area contributed by atoms with E-state index < -0.39 is 0 Å². The van der Waals surface area contributed by atoms with Gasteiger partial charge in [0.25, 0.3) is 0 Å². The molecule has 0 spiro atoms. The summed E-state index contributed by atoms with van der Waals surface area (Å²) < 4.78 is 0. The van der Waals surface area contributed by atoms with Crippen molar-refractivity contribution >= 4 is 0 Å². The van der Waals surface area contributed by atoms with E-state index in [9.17, 15) is 0 Å². The molecule has 13 heavy (non-hydrogen) atoms. The summed E-state index contributed by atoms with van der Waals surface area (Å²) in [5, 5.41) is 0. The van der Waals surface area contributed by atoms with Crippen molar-refractivity contribution in [3.63, 3.8) is 0 Å². The predicted molar refractivity (Wildman–Crippen MR) is 44.1 cm³/mol.